The number of fused-ring (bicyclic) bond motifs is 7. The van der Waals surface area contributed by atoms with E-state index in [0.29, 0.717) is 5.92 Å². The molecule has 0 bridgehead atoms. The lowest BCUT2D eigenvalue weighted by molar-refractivity contribution is -0.195. The maximum atomic E-state index is 14.3. The van der Waals surface area contributed by atoms with E-state index in [0.717, 1.165) is 57.8 Å². The van der Waals surface area contributed by atoms with Crippen LogP contribution in [0.4, 0.5) is 0 Å². The third-order valence-corrected chi connectivity index (χ3v) is 13.0. The molecule has 0 aromatic heterocycles. The van der Waals surface area contributed by atoms with Crippen LogP contribution in [0.25, 0.3) is 0 Å². The lowest BCUT2D eigenvalue weighted by Gasteiger charge is -2.70. The van der Waals surface area contributed by atoms with Crippen molar-refractivity contribution in [3.63, 3.8) is 0 Å². The van der Waals surface area contributed by atoms with Crippen molar-refractivity contribution in [2.24, 2.45) is 50.2 Å². The highest BCUT2D eigenvalue weighted by molar-refractivity contribution is 5.96. The van der Waals surface area contributed by atoms with Crippen LogP contribution in [0.2, 0.25) is 0 Å². The summed E-state index contributed by atoms with van der Waals surface area (Å²) in [6, 6.07) is 0. The van der Waals surface area contributed by atoms with E-state index in [2.05, 4.69) is 54.5 Å². The predicted octanol–water partition coefficient (Wildman–Crippen LogP) is 6.50. The van der Waals surface area contributed by atoms with Crippen LogP contribution in [-0.2, 0) is 14.3 Å². The smallest absolute Gasteiger partial charge is 0.312 e. The van der Waals surface area contributed by atoms with Crippen LogP contribution < -0.4 is 0 Å². The number of ether oxygens (including phenoxy) is 1. The molecule has 0 aliphatic heterocycles. The molecule has 0 radical (unpaired) electrons. The first-order valence-corrected chi connectivity index (χ1v) is 14.1. The van der Waals surface area contributed by atoms with Crippen LogP contribution >= 0.6 is 0 Å². The number of carbonyl (C=O) groups is 2. The van der Waals surface area contributed by atoms with Gasteiger partial charge in [0.1, 0.15) is 0 Å². The summed E-state index contributed by atoms with van der Waals surface area (Å²) in [6.07, 6.45) is 10.1. The monoisotopic (exact) mass is 484 g/mol. The number of rotatable bonds is 1. The number of aliphatic hydroxyl groups excluding tert-OH is 1. The van der Waals surface area contributed by atoms with Gasteiger partial charge in [0.05, 0.1) is 18.6 Å². The van der Waals surface area contributed by atoms with Gasteiger partial charge < -0.3 is 9.84 Å². The second-order valence-electron chi connectivity index (χ2n) is 15.2. The summed E-state index contributed by atoms with van der Waals surface area (Å²) in [5.74, 6) is 0.436. The maximum absolute atomic E-state index is 14.3. The fourth-order valence-corrected chi connectivity index (χ4v) is 10.6. The molecule has 196 valence electrons. The van der Waals surface area contributed by atoms with Gasteiger partial charge in [-0.25, -0.2) is 0 Å². The molecule has 4 heteroatoms. The van der Waals surface area contributed by atoms with Gasteiger partial charge in [-0.1, -0.05) is 54.0 Å². The highest BCUT2D eigenvalue weighted by Crippen LogP contribution is 2.75. The number of methoxy groups -OCH3 is 1. The average molecular weight is 485 g/mol. The molecule has 0 amide bonds. The second kappa shape index (κ2) is 7.45. The average Bonchev–Trinajstić information content (AvgIpc) is 2.77. The molecule has 0 aromatic carbocycles. The minimum absolute atomic E-state index is 0.0368. The SMILES string of the molecule is COC(=O)[C@]12CCC(C)(C)C[C@H]1[C@@H]1C(=O)C=C3[C@@]4(C)CC[C@H](O)C(C)(C)[C@@H]4CC[C@@]3(C)[C@]1(C)CC2. The zero-order valence-electron chi connectivity index (χ0n) is 23.4. The van der Waals surface area contributed by atoms with Gasteiger partial charge in [0.25, 0.3) is 0 Å². The largest absolute Gasteiger partial charge is 0.469 e. The Bertz CT molecular complexity index is 976. The zero-order chi connectivity index (χ0) is 25.8. The molecule has 5 rings (SSSR count). The number of esters is 1. The molecule has 0 unspecified atom stereocenters. The Morgan fingerprint density at radius 2 is 1.60 bits per heavy atom. The zero-order valence-corrected chi connectivity index (χ0v) is 23.4. The summed E-state index contributed by atoms with van der Waals surface area (Å²) < 4.78 is 5.43. The third-order valence-electron chi connectivity index (χ3n) is 13.0. The summed E-state index contributed by atoms with van der Waals surface area (Å²) in [5, 5.41) is 10.9. The van der Waals surface area contributed by atoms with Crippen LogP contribution in [0, 0.1) is 50.2 Å². The summed E-state index contributed by atoms with van der Waals surface area (Å²) in [5.41, 5.74) is 0.489. The van der Waals surface area contributed by atoms with E-state index < -0.39 is 5.41 Å². The number of hydrogen-bond acceptors (Lipinski definition) is 4. The molecule has 0 saturated heterocycles. The Hall–Kier alpha value is -1.16. The fraction of sp³-hybridized carbons (Fsp3) is 0.871. The Balaban J connectivity index is 1.65. The van der Waals surface area contributed by atoms with Gasteiger partial charge in [-0.3, -0.25) is 9.59 Å². The first-order valence-electron chi connectivity index (χ1n) is 14.1. The topological polar surface area (TPSA) is 63.6 Å². The molecule has 4 fully saturated rings. The van der Waals surface area contributed by atoms with Gasteiger partial charge in [-0.2, -0.15) is 0 Å². The van der Waals surface area contributed by atoms with Crippen molar-refractivity contribution in [1.82, 2.24) is 0 Å². The summed E-state index contributed by atoms with van der Waals surface area (Å²) >= 11 is 0. The van der Waals surface area contributed by atoms with Crippen LogP contribution in [0.3, 0.4) is 0 Å². The second-order valence-corrected chi connectivity index (χ2v) is 15.2. The molecule has 0 spiro atoms. The number of aliphatic hydroxyl groups is 1. The molecule has 1 N–H and O–H groups in total. The molecule has 4 saturated carbocycles. The van der Waals surface area contributed by atoms with Gasteiger partial charge in [0, 0.05) is 5.92 Å². The standard InChI is InChI=1S/C31H48O4/c1-26(2)13-15-31(25(34)35-8)16-14-30(7)24(19(31)18-26)20(32)17-22-28(5)11-10-23(33)27(3,4)21(28)9-12-29(22,30)6/h17,19,21,23-24,33H,9-16,18H2,1-8H3/t19-,21-,23-,24+,28-,29+,30+,31-/m0/s1. The summed E-state index contributed by atoms with van der Waals surface area (Å²) in [7, 11) is 1.52. The minimum Gasteiger partial charge on any atom is -0.469 e. The van der Waals surface area contributed by atoms with Crippen molar-refractivity contribution < 1.29 is 19.4 Å². The number of allylic oxidation sites excluding steroid dienone is 2. The predicted molar refractivity (Wildman–Crippen MR) is 137 cm³/mol. The summed E-state index contributed by atoms with van der Waals surface area (Å²) in [6.45, 7) is 16.3. The van der Waals surface area contributed by atoms with Crippen molar-refractivity contribution in [1.29, 1.82) is 0 Å². The van der Waals surface area contributed by atoms with Gasteiger partial charge in [0.2, 0.25) is 0 Å². The van der Waals surface area contributed by atoms with Crippen molar-refractivity contribution >= 4 is 11.8 Å². The Labute approximate surface area is 212 Å². The van der Waals surface area contributed by atoms with E-state index in [1.54, 1.807) is 0 Å². The molecule has 35 heavy (non-hydrogen) atoms. The van der Waals surface area contributed by atoms with Crippen molar-refractivity contribution in [2.75, 3.05) is 7.11 Å². The quantitative estimate of drug-likeness (QED) is 0.431. The van der Waals surface area contributed by atoms with E-state index in [9.17, 15) is 14.7 Å². The molecule has 5 aliphatic rings. The Morgan fingerprint density at radius 1 is 0.943 bits per heavy atom. The van der Waals surface area contributed by atoms with Gasteiger partial charge in [-0.05, 0) is 103 Å². The van der Waals surface area contributed by atoms with Crippen LogP contribution in [-0.4, -0.2) is 30.1 Å². The number of hydrogen-bond donors (Lipinski definition) is 1. The van der Waals surface area contributed by atoms with E-state index in [1.165, 1.54) is 12.7 Å². The van der Waals surface area contributed by atoms with Gasteiger partial charge in [0.15, 0.2) is 5.78 Å². The van der Waals surface area contributed by atoms with Crippen LogP contribution in [0.5, 0.6) is 0 Å². The lowest BCUT2D eigenvalue weighted by atomic mass is 9.34. The van der Waals surface area contributed by atoms with Crippen molar-refractivity contribution in [3.8, 4) is 0 Å². The highest BCUT2D eigenvalue weighted by atomic mass is 16.5. The lowest BCUT2D eigenvalue weighted by Crippen LogP contribution is -2.66. The van der Waals surface area contributed by atoms with Gasteiger partial charge in [-0.15, -0.1) is 0 Å². The first-order chi connectivity index (χ1) is 16.1. The molecule has 0 heterocycles. The molecule has 0 aromatic rings. The van der Waals surface area contributed by atoms with Crippen molar-refractivity contribution in [2.45, 2.75) is 112 Å². The van der Waals surface area contributed by atoms with Crippen molar-refractivity contribution in [3.05, 3.63) is 11.6 Å². The summed E-state index contributed by atoms with van der Waals surface area (Å²) in [4.78, 5) is 27.7. The normalized spacial score (nSPS) is 50.1. The fourth-order valence-electron chi connectivity index (χ4n) is 10.6. The Morgan fingerprint density at radius 3 is 2.26 bits per heavy atom. The van der Waals surface area contributed by atoms with E-state index in [-0.39, 0.29) is 56.8 Å². The van der Waals surface area contributed by atoms with E-state index in [4.69, 9.17) is 4.74 Å². The van der Waals surface area contributed by atoms with E-state index >= 15 is 0 Å². The Kier molecular flexibility index (Phi) is 5.43. The molecule has 8 atom stereocenters. The third kappa shape index (κ3) is 3.07. The molecular weight excluding hydrogens is 436 g/mol. The van der Waals surface area contributed by atoms with Crippen LogP contribution in [0.15, 0.2) is 11.6 Å². The highest BCUT2D eigenvalue weighted by Gasteiger charge is 2.71. The molecule has 4 nitrogen and oxygen atoms in total. The minimum atomic E-state index is -0.524. The first kappa shape index (κ1) is 25.5. The van der Waals surface area contributed by atoms with Crippen LogP contribution in [0.1, 0.15) is 106 Å². The number of carbonyl (C=O) groups excluding carboxylic acids is 2. The van der Waals surface area contributed by atoms with E-state index in [1.807, 2.05) is 0 Å². The molecular formula is C31H48O4. The number of ketones is 1. The molecule has 5 aliphatic carbocycles. The van der Waals surface area contributed by atoms with Gasteiger partial charge >= 0.3 is 5.97 Å². The maximum Gasteiger partial charge on any atom is 0.312 e.